The predicted octanol–water partition coefficient (Wildman–Crippen LogP) is 5.98. The van der Waals surface area contributed by atoms with Crippen LogP contribution < -0.4 is 20.4 Å². The number of aromatic nitrogens is 7. The van der Waals surface area contributed by atoms with Crippen LogP contribution in [0.15, 0.2) is 79.6 Å². The zero-order valence-electron chi connectivity index (χ0n) is 38.8. The molecule has 69 heavy (non-hydrogen) atoms. The van der Waals surface area contributed by atoms with E-state index in [-0.39, 0.29) is 38.8 Å². The van der Waals surface area contributed by atoms with E-state index in [2.05, 4.69) is 64.3 Å². The Balaban J connectivity index is 0.000000556. The highest BCUT2D eigenvalue weighted by atomic mass is 19.1. The first-order valence-corrected chi connectivity index (χ1v) is 23.9. The van der Waals surface area contributed by atoms with Crippen LogP contribution in [0.4, 0.5) is 26.0 Å². The van der Waals surface area contributed by atoms with Crippen LogP contribution in [-0.2, 0) is 20.7 Å². The van der Waals surface area contributed by atoms with E-state index in [1.54, 1.807) is 28.9 Å². The van der Waals surface area contributed by atoms with Gasteiger partial charge in [0, 0.05) is 89.5 Å². The Labute approximate surface area is 402 Å². The minimum atomic E-state index is -0.554. The fourth-order valence-corrected chi connectivity index (χ4v) is 10.3. The lowest BCUT2D eigenvalue weighted by molar-refractivity contribution is -0.133. The van der Waals surface area contributed by atoms with Gasteiger partial charge in [0.15, 0.2) is 0 Å². The van der Waals surface area contributed by atoms with E-state index in [9.17, 15) is 19.2 Å². The van der Waals surface area contributed by atoms with Crippen LogP contribution in [-0.4, -0.2) is 140 Å². The van der Waals surface area contributed by atoms with Crippen molar-refractivity contribution in [1.29, 1.82) is 5.26 Å². The Morgan fingerprint density at radius 2 is 1.62 bits per heavy atom. The Morgan fingerprint density at radius 1 is 0.841 bits per heavy atom. The molecule has 362 valence electrons. The number of nitrogens with zero attached hydrogens (tertiary/aromatic N) is 12. The molecule has 0 radical (unpaired) electrons. The third kappa shape index (κ3) is 9.87. The second-order valence-corrected chi connectivity index (χ2v) is 18.6. The molecule has 17 nitrogen and oxygen atoms in total. The fourth-order valence-electron chi connectivity index (χ4n) is 10.3. The number of pyridine rings is 2. The van der Waals surface area contributed by atoms with E-state index in [0.29, 0.717) is 52.7 Å². The molecule has 3 atom stereocenters. The maximum Gasteiger partial charge on any atom is 0.249 e. The topological polar surface area (TPSA) is 178 Å². The highest BCUT2D eigenvalue weighted by Crippen LogP contribution is 2.35. The van der Waals surface area contributed by atoms with Gasteiger partial charge >= 0.3 is 0 Å². The number of morpholine rings is 1. The van der Waals surface area contributed by atoms with Gasteiger partial charge in [-0.1, -0.05) is 6.92 Å². The number of likely N-dealkylation sites (N-methyl/N-ethyl adjacent to an activating group) is 1. The minimum absolute atomic E-state index is 0. The largest absolute Gasteiger partial charge is 0.378 e. The molecule has 1 saturated carbocycles. The van der Waals surface area contributed by atoms with Gasteiger partial charge in [0.1, 0.15) is 40.6 Å². The number of piperazine rings is 2. The smallest absolute Gasteiger partial charge is 0.249 e. The third-order valence-corrected chi connectivity index (χ3v) is 14.4. The minimum Gasteiger partial charge on any atom is -0.378 e. The Bertz CT molecular complexity index is 2830. The number of imide groups is 1. The average Bonchev–Trinajstić information content (AvgIpc) is 4.04. The average molecular weight is 943 g/mol. The molecule has 1 aromatic carbocycles. The summed E-state index contributed by atoms with van der Waals surface area (Å²) in [4.78, 5) is 46.9. The van der Waals surface area contributed by atoms with Crippen LogP contribution in [0.2, 0.25) is 0 Å². The van der Waals surface area contributed by atoms with Gasteiger partial charge in [-0.2, -0.15) is 15.5 Å². The van der Waals surface area contributed by atoms with Crippen molar-refractivity contribution >= 4 is 34.5 Å². The number of fused-ring (bicyclic) bond motifs is 3. The summed E-state index contributed by atoms with van der Waals surface area (Å²) < 4.78 is 37.1. The van der Waals surface area contributed by atoms with Crippen LogP contribution in [0.1, 0.15) is 65.6 Å². The molecule has 1 unspecified atom stereocenters. The Kier molecular flexibility index (Phi) is 13.3. The molecule has 6 aromatic rings. The number of rotatable bonds is 9. The molecule has 5 aromatic heterocycles. The lowest BCUT2D eigenvalue weighted by atomic mass is 9.90. The zero-order chi connectivity index (χ0) is 47.6. The summed E-state index contributed by atoms with van der Waals surface area (Å²) in [7, 11) is 2.18. The summed E-state index contributed by atoms with van der Waals surface area (Å²) in [6.45, 7) is 8.34. The quantitative estimate of drug-likeness (QED) is 0.162. The lowest BCUT2D eigenvalue weighted by Crippen LogP contribution is -2.63. The molecule has 2 N–H and O–H groups in total. The maximum absolute atomic E-state index is 15.3. The fraction of sp³-hybridized carbons (Fsp3) is 0.440. The highest BCUT2D eigenvalue weighted by Gasteiger charge is 2.36. The van der Waals surface area contributed by atoms with Gasteiger partial charge in [0.2, 0.25) is 11.8 Å². The van der Waals surface area contributed by atoms with Crippen LogP contribution >= 0.6 is 0 Å². The normalized spacial score (nSPS) is 23.3. The molecule has 9 heterocycles. The van der Waals surface area contributed by atoms with Crippen molar-refractivity contribution in [1.82, 2.24) is 49.5 Å². The van der Waals surface area contributed by atoms with Crippen molar-refractivity contribution in [2.45, 2.75) is 82.1 Å². The summed E-state index contributed by atoms with van der Waals surface area (Å²) >= 11 is 0. The van der Waals surface area contributed by atoms with E-state index in [4.69, 9.17) is 19.8 Å². The van der Waals surface area contributed by atoms with Gasteiger partial charge in [-0.25, -0.2) is 23.3 Å². The summed E-state index contributed by atoms with van der Waals surface area (Å²) in [6, 6.07) is 15.4. The number of halogens is 2. The summed E-state index contributed by atoms with van der Waals surface area (Å²) in [5.41, 5.74) is 6.19. The molecule has 2 bridgehead atoms. The molecule has 2 amide bonds. The second-order valence-electron chi connectivity index (χ2n) is 18.6. The monoisotopic (exact) mass is 942 g/mol. The molecule has 5 fully saturated rings. The van der Waals surface area contributed by atoms with Crippen LogP contribution in [0.25, 0.3) is 28.0 Å². The number of benzene rings is 1. The van der Waals surface area contributed by atoms with Gasteiger partial charge in [-0.3, -0.25) is 34.4 Å². The number of piperidine rings is 1. The van der Waals surface area contributed by atoms with E-state index in [1.165, 1.54) is 18.3 Å². The van der Waals surface area contributed by atoms with Gasteiger partial charge in [-0.05, 0) is 88.0 Å². The van der Waals surface area contributed by atoms with E-state index >= 15 is 4.39 Å². The zero-order valence-corrected chi connectivity index (χ0v) is 38.8. The van der Waals surface area contributed by atoms with Crippen molar-refractivity contribution in [3.05, 3.63) is 103 Å². The highest BCUT2D eigenvalue weighted by molar-refractivity contribution is 6.01. The molecule has 19 heteroatoms. The third-order valence-electron chi connectivity index (χ3n) is 14.4. The first-order chi connectivity index (χ1) is 33.6. The molecule has 4 saturated heterocycles. The second kappa shape index (κ2) is 20.0. The first-order valence-electron chi connectivity index (χ1n) is 23.9. The SMILES string of the molecule is CCc1ccc(F)cn1.CN1[C@@H]2COC[C@H]1CN(c1ccc(-c3nc(-c4cnn(C5CCC(N6CCN(c7ccc(NC8CCC(=O)NC8=O)cc7F)CC6)CC5)c4)cn4ncc(C#N)c34)cn1)C2.[HH].[HH]. The number of amides is 2. The molecule has 1 aliphatic carbocycles. The van der Waals surface area contributed by atoms with Crippen LogP contribution in [0.3, 0.4) is 0 Å². The summed E-state index contributed by atoms with van der Waals surface area (Å²) in [5, 5.41) is 24.7. The van der Waals surface area contributed by atoms with Gasteiger partial charge in [0.25, 0.3) is 0 Å². The Morgan fingerprint density at radius 3 is 2.30 bits per heavy atom. The number of anilines is 3. The van der Waals surface area contributed by atoms with Crippen molar-refractivity contribution in [2.24, 2.45) is 0 Å². The van der Waals surface area contributed by atoms with Crippen LogP contribution in [0, 0.1) is 23.0 Å². The number of carbonyl (C=O) groups excluding carboxylic acids is 2. The van der Waals surface area contributed by atoms with Gasteiger partial charge < -0.3 is 19.9 Å². The summed E-state index contributed by atoms with van der Waals surface area (Å²) in [5.74, 6) is -0.332. The van der Waals surface area contributed by atoms with Crippen molar-refractivity contribution in [3.8, 4) is 28.6 Å². The lowest BCUT2D eigenvalue weighted by Gasteiger charge is -2.48. The van der Waals surface area contributed by atoms with Crippen molar-refractivity contribution in [2.75, 3.05) is 74.6 Å². The summed E-state index contributed by atoms with van der Waals surface area (Å²) in [6.07, 6.45) is 16.1. The Hall–Kier alpha value is -6.88. The number of ether oxygens (including phenoxy) is 1. The molecule has 5 aliphatic rings. The van der Waals surface area contributed by atoms with E-state index < -0.39 is 6.04 Å². The number of hydrogen-bond donors (Lipinski definition) is 2. The number of hydrogen-bond acceptors (Lipinski definition) is 14. The number of nitriles is 1. The van der Waals surface area contributed by atoms with Crippen molar-refractivity contribution in [3.63, 3.8) is 0 Å². The molecular weight excluding hydrogens is 883 g/mol. The molecule has 4 aliphatic heterocycles. The standard InChI is InChI=1S/C43H48FN13O3.C7H8FN.2H2/c1-52-33-22-55(23-34(52)26-60-25-33)39-10-2-27(18-46-39)41-42-28(17-45)19-48-57(42)24-37(50-41)29-20-47-56(21-29)32-6-4-31(5-7-32)53-12-14-54(15-13-53)38-9-3-30(16-35(38)44)49-36-8-11-40(58)51-43(36)59;1-2-7-4-3-6(8)5-9-7;;/h2-3,9-10,16,18-21,24,31-34,36,49H,4-8,11-15,22-23,25-26H2,1H3,(H,51,58,59);3-5H,2H2,1H3;2*1H/t31?,32?,33-,34+,36?;;;. The first kappa shape index (κ1) is 45.9. The molecule has 11 rings (SSSR count). The molecular formula is C50H60F2N14O3. The number of carbonyl (C=O) groups is 2. The maximum atomic E-state index is 15.3. The molecule has 0 spiro atoms. The van der Waals surface area contributed by atoms with Gasteiger partial charge in [-0.15, -0.1) is 0 Å². The van der Waals surface area contributed by atoms with E-state index in [0.717, 1.165) is 113 Å². The van der Waals surface area contributed by atoms with E-state index in [1.807, 2.05) is 37.6 Å². The number of aryl methyl sites for hydroxylation is 1. The number of nitrogens with one attached hydrogen (secondary N) is 2. The van der Waals surface area contributed by atoms with Crippen molar-refractivity contribution < 1.29 is 26.0 Å². The predicted molar refractivity (Wildman–Crippen MR) is 260 cm³/mol. The van der Waals surface area contributed by atoms with Gasteiger partial charge in [0.05, 0.1) is 73.2 Å². The van der Waals surface area contributed by atoms with Crippen LogP contribution in [0.5, 0.6) is 0 Å².